The Balaban J connectivity index is 2.05. The molecule has 5 heteroatoms. The van der Waals surface area contributed by atoms with Crippen molar-refractivity contribution in [3.05, 3.63) is 34.8 Å². The first-order valence-corrected chi connectivity index (χ1v) is 5.81. The molecule has 0 spiro atoms. The van der Waals surface area contributed by atoms with E-state index in [2.05, 4.69) is 15.5 Å². The van der Waals surface area contributed by atoms with Crippen molar-refractivity contribution < 1.29 is 4.74 Å². The highest BCUT2D eigenvalue weighted by atomic mass is 32.1. The molecular weight excluding hydrogens is 222 g/mol. The van der Waals surface area contributed by atoms with E-state index in [1.807, 2.05) is 38.2 Å². The molecule has 0 atom stereocenters. The Bertz CT molecular complexity index is 453. The smallest absolute Gasteiger partial charge is 0.299 e. The van der Waals surface area contributed by atoms with Crippen molar-refractivity contribution in [3.8, 4) is 10.9 Å². The number of hydrogen-bond donors (Lipinski definition) is 1. The Morgan fingerprint density at radius 1 is 1.25 bits per heavy atom. The Morgan fingerprint density at radius 3 is 2.56 bits per heavy atom. The van der Waals surface area contributed by atoms with Crippen LogP contribution in [0.25, 0.3) is 0 Å². The van der Waals surface area contributed by atoms with E-state index in [9.17, 15) is 0 Å². The first-order chi connectivity index (χ1) is 7.78. The van der Waals surface area contributed by atoms with Gasteiger partial charge in [-0.05, 0) is 31.7 Å². The first kappa shape index (κ1) is 11.0. The summed E-state index contributed by atoms with van der Waals surface area (Å²) in [6.07, 6.45) is 0. The highest BCUT2D eigenvalue weighted by Gasteiger charge is 2.02. The van der Waals surface area contributed by atoms with Gasteiger partial charge in [0.05, 0.1) is 0 Å². The summed E-state index contributed by atoms with van der Waals surface area (Å²) in [4.78, 5) is 0. The highest BCUT2D eigenvalue weighted by molar-refractivity contribution is 7.13. The number of ether oxygens (including phenoxy) is 1. The quantitative estimate of drug-likeness (QED) is 0.883. The van der Waals surface area contributed by atoms with Crippen LogP contribution in [0.1, 0.15) is 10.6 Å². The Kier molecular flexibility index (Phi) is 3.48. The van der Waals surface area contributed by atoms with Gasteiger partial charge in [-0.2, -0.15) is 0 Å². The van der Waals surface area contributed by atoms with Crippen molar-refractivity contribution in [2.45, 2.75) is 13.5 Å². The third-order valence-electron chi connectivity index (χ3n) is 2.02. The zero-order valence-electron chi connectivity index (χ0n) is 9.23. The molecule has 0 aliphatic heterocycles. The molecule has 0 aliphatic rings. The van der Waals surface area contributed by atoms with Crippen LogP contribution >= 0.6 is 11.3 Å². The molecule has 0 bridgehead atoms. The fourth-order valence-corrected chi connectivity index (χ4v) is 1.85. The average Bonchev–Trinajstić information content (AvgIpc) is 2.67. The van der Waals surface area contributed by atoms with Gasteiger partial charge >= 0.3 is 0 Å². The Labute approximate surface area is 98.3 Å². The SMILES string of the molecule is CNCc1ccc(Oc2nnc(C)s2)cc1. The lowest BCUT2D eigenvalue weighted by Gasteiger charge is -2.03. The summed E-state index contributed by atoms with van der Waals surface area (Å²) < 4.78 is 5.56. The topological polar surface area (TPSA) is 47.0 Å². The van der Waals surface area contributed by atoms with Crippen LogP contribution in [0.2, 0.25) is 0 Å². The number of nitrogens with zero attached hydrogens (tertiary/aromatic N) is 2. The molecule has 0 saturated carbocycles. The maximum Gasteiger partial charge on any atom is 0.299 e. The number of aromatic nitrogens is 2. The van der Waals surface area contributed by atoms with E-state index in [1.54, 1.807) is 0 Å². The zero-order valence-corrected chi connectivity index (χ0v) is 10.0. The summed E-state index contributed by atoms with van der Waals surface area (Å²) in [5.74, 6) is 0.788. The molecule has 1 aromatic heterocycles. The molecule has 0 radical (unpaired) electrons. The number of aryl methyl sites for hydroxylation is 1. The molecule has 1 N–H and O–H groups in total. The van der Waals surface area contributed by atoms with Gasteiger partial charge in [0.25, 0.3) is 5.19 Å². The minimum absolute atomic E-state index is 0.582. The molecule has 0 unspecified atom stereocenters. The number of nitrogens with one attached hydrogen (secondary N) is 1. The fraction of sp³-hybridized carbons (Fsp3) is 0.273. The van der Waals surface area contributed by atoms with Crippen LogP contribution in [0, 0.1) is 6.92 Å². The predicted molar refractivity (Wildman–Crippen MR) is 63.9 cm³/mol. The molecule has 0 saturated heterocycles. The average molecular weight is 235 g/mol. The van der Waals surface area contributed by atoms with E-state index in [1.165, 1.54) is 16.9 Å². The summed E-state index contributed by atoms with van der Waals surface area (Å²) in [5.41, 5.74) is 1.23. The third kappa shape index (κ3) is 2.77. The summed E-state index contributed by atoms with van der Waals surface area (Å²) in [5, 5.41) is 12.4. The number of benzene rings is 1. The van der Waals surface area contributed by atoms with Gasteiger partial charge in [-0.1, -0.05) is 28.6 Å². The molecular formula is C11H13N3OS. The molecule has 2 rings (SSSR count). The second-order valence-electron chi connectivity index (χ2n) is 3.36. The molecule has 1 aromatic carbocycles. The van der Waals surface area contributed by atoms with Crippen LogP contribution in [0.15, 0.2) is 24.3 Å². The molecule has 0 fully saturated rings. The van der Waals surface area contributed by atoms with E-state index < -0.39 is 0 Å². The molecule has 4 nitrogen and oxygen atoms in total. The molecule has 16 heavy (non-hydrogen) atoms. The van der Waals surface area contributed by atoms with E-state index in [0.717, 1.165) is 17.3 Å². The van der Waals surface area contributed by atoms with Crippen LogP contribution in [-0.4, -0.2) is 17.2 Å². The van der Waals surface area contributed by atoms with Crippen molar-refractivity contribution >= 4 is 11.3 Å². The summed E-state index contributed by atoms with van der Waals surface area (Å²) in [7, 11) is 1.93. The Hall–Kier alpha value is -1.46. The van der Waals surface area contributed by atoms with E-state index >= 15 is 0 Å². The lowest BCUT2D eigenvalue weighted by molar-refractivity contribution is 0.473. The molecule has 0 aliphatic carbocycles. The van der Waals surface area contributed by atoms with Crippen molar-refractivity contribution in [1.82, 2.24) is 15.5 Å². The summed E-state index contributed by atoms with van der Waals surface area (Å²) in [6.45, 7) is 2.76. The number of hydrogen-bond acceptors (Lipinski definition) is 5. The second-order valence-corrected chi connectivity index (χ2v) is 4.51. The van der Waals surface area contributed by atoms with E-state index in [4.69, 9.17) is 4.74 Å². The van der Waals surface area contributed by atoms with Gasteiger partial charge in [0, 0.05) is 6.54 Å². The van der Waals surface area contributed by atoms with Crippen molar-refractivity contribution in [2.24, 2.45) is 0 Å². The minimum atomic E-state index is 0.582. The van der Waals surface area contributed by atoms with Gasteiger partial charge in [0.2, 0.25) is 0 Å². The van der Waals surface area contributed by atoms with Gasteiger partial charge < -0.3 is 10.1 Å². The molecule has 2 aromatic rings. The van der Waals surface area contributed by atoms with Crippen LogP contribution in [0.5, 0.6) is 10.9 Å². The van der Waals surface area contributed by atoms with Crippen molar-refractivity contribution in [1.29, 1.82) is 0 Å². The Morgan fingerprint density at radius 2 is 2.00 bits per heavy atom. The van der Waals surface area contributed by atoms with Crippen molar-refractivity contribution in [3.63, 3.8) is 0 Å². The molecule has 1 heterocycles. The molecule has 84 valence electrons. The van der Waals surface area contributed by atoms with Crippen LogP contribution in [-0.2, 0) is 6.54 Å². The highest BCUT2D eigenvalue weighted by Crippen LogP contribution is 2.24. The van der Waals surface area contributed by atoms with Gasteiger partial charge in [-0.25, -0.2) is 0 Å². The monoisotopic (exact) mass is 235 g/mol. The second kappa shape index (κ2) is 5.05. The summed E-state index contributed by atoms with van der Waals surface area (Å²) >= 11 is 1.44. The number of rotatable bonds is 4. The zero-order chi connectivity index (χ0) is 11.4. The lowest BCUT2D eigenvalue weighted by Crippen LogP contribution is -2.04. The fourth-order valence-electron chi connectivity index (χ4n) is 1.30. The molecule has 0 amide bonds. The largest absolute Gasteiger partial charge is 0.430 e. The van der Waals surface area contributed by atoms with Gasteiger partial charge in [0.1, 0.15) is 10.8 Å². The third-order valence-corrected chi connectivity index (χ3v) is 2.73. The first-order valence-electron chi connectivity index (χ1n) is 4.99. The van der Waals surface area contributed by atoms with Crippen LogP contribution in [0.3, 0.4) is 0 Å². The van der Waals surface area contributed by atoms with Crippen LogP contribution < -0.4 is 10.1 Å². The maximum absolute atomic E-state index is 5.56. The van der Waals surface area contributed by atoms with Crippen LogP contribution in [0.4, 0.5) is 0 Å². The lowest BCUT2D eigenvalue weighted by atomic mass is 10.2. The van der Waals surface area contributed by atoms with Gasteiger partial charge in [-0.3, -0.25) is 0 Å². The predicted octanol–water partition coefficient (Wildman–Crippen LogP) is 2.36. The van der Waals surface area contributed by atoms with Crippen molar-refractivity contribution in [2.75, 3.05) is 7.05 Å². The van der Waals surface area contributed by atoms with Gasteiger partial charge in [0.15, 0.2) is 0 Å². The van der Waals surface area contributed by atoms with E-state index in [0.29, 0.717) is 5.19 Å². The summed E-state index contributed by atoms with van der Waals surface area (Å²) in [6, 6.07) is 7.92. The van der Waals surface area contributed by atoms with E-state index in [-0.39, 0.29) is 0 Å². The minimum Gasteiger partial charge on any atom is -0.430 e. The normalized spacial score (nSPS) is 10.4. The maximum atomic E-state index is 5.56. The standard InChI is InChI=1S/C11H13N3OS/c1-8-13-14-11(16-8)15-10-5-3-9(4-6-10)7-12-2/h3-6,12H,7H2,1-2H3. The van der Waals surface area contributed by atoms with Gasteiger partial charge in [-0.15, -0.1) is 5.10 Å².